The molecular formula is C9H11FN2O2S. The number of rotatable bonds is 2. The lowest BCUT2D eigenvalue weighted by Crippen LogP contribution is -2.43. The lowest BCUT2D eigenvalue weighted by atomic mass is 10.3. The molecule has 6 heteroatoms. The number of benzene rings is 1. The molecule has 1 heterocycles. The molecule has 0 bridgehead atoms. The van der Waals surface area contributed by atoms with E-state index in [4.69, 9.17) is 0 Å². The second-order valence-corrected chi connectivity index (χ2v) is 4.96. The zero-order valence-electron chi connectivity index (χ0n) is 7.98. The van der Waals surface area contributed by atoms with E-state index < -0.39 is 16.7 Å². The highest BCUT2D eigenvalue weighted by molar-refractivity contribution is 7.89. The number of halogens is 1. The van der Waals surface area contributed by atoms with Gasteiger partial charge >= 0.3 is 0 Å². The van der Waals surface area contributed by atoms with Crippen LogP contribution in [-0.2, 0) is 10.0 Å². The van der Waals surface area contributed by atoms with Gasteiger partial charge in [-0.05, 0) is 12.1 Å². The lowest BCUT2D eigenvalue weighted by molar-refractivity contribution is 0.483. The van der Waals surface area contributed by atoms with Crippen LogP contribution in [0.3, 0.4) is 0 Å². The lowest BCUT2D eigenvalue weighted by Gasteiger charge is -2.30. The number of alkyl halides is 1. The van der Waals surface area contributed by atoms with Gasteiger partial charge in [-0.15, -0.1) is 0 Å². The van der Waals surface area contributed by atoms with Gasteiger partial charge in [0, 0.05) is 6.54 Å². The summed E-state index contributed by atoms with van der Waals surface area (Å²) in [4.78, 5) is 1.88. The molecule has 0 unspecified atom stereocenters. The van der Waals surface area contributed by atoms with Crippen LogP contribution < -0.4 is 9.62 Å². The molecule has 0 aliphatic carbocycles. The summed E-state index contributed by atoms with van der Waals surface area (Å²) in [5, 5.41) is 0. The molecule has 82 valence electrons. The normalized spacial score (nSPS) is 18.6. The number of anilines is 1. The molecule has 4 nitrogen and oxygen atoms in total. The smallest absolute Gasteiger partial charge is 0.244 e. The SMILES string of the molecule is O=S1(=O)NCN(CCF)c2ccccc21. The first-order chi connectivity index (χ1) is 7.15. The number of hydrogen-bond acceptors (Lipinski definition) is 3. The molecule has 0 amide bonds. The number of fused-ring (bicyclic) bond motifs is 1. The number of sulfonamides is 1. The van der Waals surface area contributed by atoms with Gasteiger partial charge in [0.25, 0.3) is 0 Å². The zero-order chi connectivity index (χ0) is 10.9. The van der Waals surface area contributed by atoms with Gasteiger partial charge in [0.05, 0.1) is 12.4 Å². The predicted molar refractivity (Wildman–Crippen MR) is 55.0 cm³/mol. The van der Waals surface area contributed by atoms with Crippen molar-refractivity contribution in [2.75, 3.05) is 24.8 Å². The van der Waals surface area contributed by atoms with Gasteiger partial charge in [-0.3, -0.25) is 0 Å². The largest absolute Gasteiger partial charge is 0.354 e. The minimum absolute atomic E-state index is 0.128. The Morgan fingerprint density at radius 1 is 1.40 bits per heavy atom. The summed E-state index contributed by atoms with van der Waals surface area (Å²) in [6, 6.07) is 6.59. The molecule has 0 aromatic heterocycles. The maximum absolute atomic E-state index is 12.2. The van der Waals surface area contributed by atoms with E-state index in [1.165, 1.54) is 6.07 Å². The summed E-state index contributed by atoms with van der Waals surface area (Å²) >= 11 is 0. The average Bonchev–Trinajstić information content (AvgIpc) is 2.23. The van der Waals surface area contributed by atoms with Crippen molar-refractivity contribution in [1.29, 1.82) is 0 Å². The van der Waals surface area contributed by atoms with Crippen LogP contribution >= 0.6 is 0 Å². The minimum Gasteiger partial charge on any atom is -0.354 e. The van der Waals surface area contributed by atoms with Gasteiger partial charge in [0.2, 0.25) is 10.0 Å². The van der Waals surface area contributed by atoms with Crippen molar-refractivity contribution in [1.82, 2.24) is 4.72 Å². The predicted octanol–water partition coefficient (Wildman–Crippen LogP) is 0.712. The molecule has 0 saturated heterocycles. The van der Waals surface area contributed by atoms with E-state index in [1.54, 1.807) is 23.1 Å². The number of hydrogen-bond donors (Lipinski definition) is 1. The van der Waals surface area contributed by atoms with Crippen molar-refractivity contribution in [3.63, 3.8) is 0 Å². The van der Waals surface area contributed by atoms with E-state index in [2.05, 4.69) is 4.72 Å². The fourth-order valence-corrected chi connectivity index (χ4v) is 2.78. The van der Waals surface area contributed by atoms with Gasteiger partial charge in [-0.25, -0.2) is 12.8 Å². The average molecular weight is 230 g/mol. The third kappa shape index (κ3) is 1.82. The third-order valence-electron chi connectivity index (χ3n) is 2.30. The molecule has 1 aromatic carbocycles. The highest BCUT2D eigenvalue weighted by Gasteiger charge is 2.26. The van der Waals surface area contributed by atoms with Crippen LogP contribution in [-0.4, -0.2) is 28.3 Å². The van der Waals surface area contributed by atoms with Crippen molar-refractivity contribution < 1.29 is 12.8 Å². The first kappa shape index (κ1) is 10.4. The molecule has 1 aliphatic rings. The Morgan fingerprint density at radius 2 is 2.13 bits per heavy atom. The Kier molecular flexibility index (Phi) is 2.62. The highest BCUT2D eigenvalue weighted by Crippen LogP contribution is 2.27. The number of nitrogens with one attached hydrogen (secondary N) is 1. The maximum Gasteiger partial charge on any atom is 0.244 e. The van der Waals surface area contributed by atoms with Gasteiger partial charge in [-0.1, -0.05) is 12.1 Å². The van der Waals surface area contributed by atoms with Gasteiger partial charge < -0.3 is 4.90 Å². The Bertz CT molecular complexity index is 461. The summed E-state index contributed by atoms with van der Waals surface area (Å²) in [5.41, 5.74) is 0.564. The second kappa shape index (κ2) is 3.79. The Hall–Kier alpha value is -1.14. The molecule has 0 spiro atoms. The first-order valence-corrected chi connectivity index (χ1v) is 6.03. The summed E-state index contributed by atoms with van der Waals surface area (Å²) < 4.78 is 37.8. The monoisotopic (exact) mass is 230 g/mol. The highest BCUT2D eigenvalue weighted by atomic mass is 32.2. The third-order valence-corrected chi connectivity index (χ3v) is 3.73. The molecule has 1 aromatic rings. The van der Waals surface area contributed by atoms with Crippen LogP contribution in [0.4, 0.5) is 10.1 Å². The van der Waals surface area contributed by atoms with Crippen molar-refractivity contribution in [3.8, 4) is 0 Å². The van der Waals surface area contributed by atoms with Crippen molar-refractivity contribution in [2.24, 2.45) is 0 Å². The van der Waals surface area contributed by atoms with Crippen molar-refractivity contribution >= 4 is 15.7 Å². The van der Waals surface area contributed by atoms with Gasteiger partial charge in [0.1, 0.15) is 11.6 Å². The van der Waals surface area contributed by atoms with Crippen molar-refractivity contribution in [3.05, 3.63) is 24.3 Å². The molecule has 15 heavy (non-hydrogen) atoms. The van der Waals surface area contributed by atoms with Crippen molar-refractivity contribution in [2.45, 2.75) is 4.90 Å². The fraction of sp³-hybridized carbons (Fsp3) is 0.333. The first-order valence-electron chi connectivity index (χ1n) is 4.55. The van der Waals surface area contributed by atoms with Crippen LogP contribution in [0.2, 0.25) is 0 Å². The second-order valence-electron chi connectivity index (χ2n) is 3.23. The fourth-order valence-electron chi connectivity index (χ4n) is 1.57. The Morgan fingerprint density at radius 3 is 2.87 bits per heavy atom. The molecule has 0 fully saturated rings. The van der Waals surface area contributed by atoms with E-state index >= 15 is 0 Å². The summed E-state index contributed by atoms with van der Waals surface area (Å²) in [6.45, 7) is -0.182. The summed E-state index contributed by atoms with van der Waals surface area (Å²) in [5.74, 6) is 0. The van der Waals surface area contributed by atoms with E-state index in [1.807, 2.05) is 0 Å². The zero-order valence-corrected chi connectivity index (χ0v) is 8.80. The molecule has 1 N–H and O–H groups in total. The summed E-state index contributed by atoms with van der Waals surface area (Å²) in [6.07, 6.45) is 0. The summed E-state index contributed by atoms with van der Waals surface area (Å²) in [7, 11) is -3.41. The molecular weight excluding hydrogens is 219 g/mol. The topological polar surface area (TPSA) is 49.4 Å². The van der Waals surface area contributed by atoms with E-state index in [0.29, 0.717) is 5.69 Å². The molecule has 1 aliphatic heterocycles. The maximum atomic E-state index is 12.2. The van der Waals surface area contributed by atoms with E-state index in [0.717, 1.165) is 0 Å². The van der Waals surface area contributed by atoms with Gasteiger partial charge in [-0.2, -0.15) is 4.72 Å². The van der Waals surface area contributed by atoms with Gasteiger partial charge in [0.15, 0.2) is 0 Å². The van der Waals surface area contributed by atoms with E-state index in [9.17, 15) is 12.8 Å². The Balaban J connectivity index is 2.49. The van der Waals surface area contributed by atoms with Crippen LogP contribution in [0.1, 0.15) is 0 Å². The molecule has 2 rings (SSSR count). The standard InChI is InChI=1S/C9H11FN2O2S/c10-5-6-12-7-11-15(13,14)9-4-2-1-3-8(9)12/h1-4,11H,5-7H2. The molecule has 0 atom stereocenters. The molecule has 0 radical (unpaired) electrons. The van der Waals surface area contributed by atoms with Crippen LogP contribution in [0, 0.1) is 0 Å². The number of nitrogens with zero attached hydrogens (tertiary/aromatic N) is 1. The molecule has 0 saturated carbocycles. The quantitative estimate of drug-likeness (QED) is 0.814. The van der Waals surface area contributed by atoms with E-state index in [-0.39, 0.29) is 18.1 Å². The van der Waals surface area contributed by atoms with Crippen LogP contribution in [0.25, 0.3) is 0 Å². The van der Waals surface area contributed by atoms with Crippen LogP contribution in [0.5, 0.6) is 0 Å². The number of para-hydroxylation sites is 1. The minimum atomic E-state index is -3.41. The Labute approximate surface area is 87.8 Å². The van der Waals surface area contributed by atoms with Crippen LogP contribution in [0.15, 0.2) is 29.2 Å².